The van der Waals surface area contributed by atoms with Crippen LogP contribution in [0.5, 0.6) is 11.5 Å². The molecule has 0 unspecified atom stereocenters. The van der Waals surface area contributed by atoms with Crippen LogP contribution in [-0.2, 0) is 4.57 Å². The summed E-state index contributed by atoms with van der Waals surface area (Å²) in [5.41, 5.74) is 8.17. The van der Waals surface area contributed by atoms with Crippen LogP contribution in [0.2, 0.25) is 0 Å². The summed E-state index contributed by atoms with van der Waals surface area (Å²) in [6, 6.07) is 11.2. The Morgan fingerprint density at radius 1 is 0.944 bits per heavy atom. The van der Waals surface area contributed by atoms with E-state index in [0.717, 1.165) is 11.1 Å². The third kappa shape index (κ3) is 1.59. The van der Waals surface area contributed by atoms with Gasteiger partial charge >= 0.3 is 0 Å². The van der Waals surface area contributed by atoms with Gasteiger partial charge in [0.2, 0.25) is 7.29 Å². The summed E-state index contributed by atoms with van der Waals surface area (Å²) in [4.78, 5) is 0. The largest absolute Gasteiger partial charge is 0.456 e. The lowest BCUT2D eigenvalue weighted by molar-refractivity contribution is 0.484. The average Bonchev–Trinajstić information content (AvgIpc) is 2.32. The number of hydrogen-bond acceptors (Lipinski definition) is 2. The van der Waals surface area contributed by atoms with Crippen molar-refractivity contribution >= 4 is 17.9 Å². The molecule has 3 rings (SSSR count). The van der Waals surface area contributed by atoms with Gasteiger partial charge in [-0.15, -0.1) is 0 Å². The molecular weight excluding hydrogens is 245 g/mol. The lowest BCUT2D eigenvalue weighted by atomic mass is 10.2. The summed E-state index contributed by atoms with van der Waals surface area (Å²) >= 11 is 0. The molecule has 18 heavy (non-hydrogen) atoms. The number of aryl methyl sites for hydroxylation is 2. The molecule has 0 saturated heterocycles. The van der Waals surface area contributed by atoms with E-state index >= 15 is 0 Å². The standard InChI is InChI=1S/C14H14NO2P/c1-9-3-5-11-13(7-9)18(15,16)14-8-10(2)4-6-12(14)17-11/h3-8H,1-2H3,(H2,15,16). The second kappa shape index (κ2) is 3.71. The van der Waals surface area contributed by atoms with E-state index in [9.17, 15) is 4.57 Å². The van der Waals surface area contributed by atoms with E-state index in [1.807, 2.05) is 50.2 Å². The normalized spacial score (nSPS) is 15.5. The maximum atomic E-state index is 12.9. The van der Waals surface area contributed by atoms with Crippen LogP contribution >= 0.6 is 7.29 Å². The van der Waals surface area contributed by atoms with Crippen molar-refractivity contribution in [1.82, 2.24) is 0 Å². The van der Waals surface area contributed by atoms with E-state index in [0.29, 0.717) is 22.1 Å². The van der Waals surface area contributed by atoms with Gasteiger partial charge in [0, 0.05) is 0 Å². The Bertz CT molecular complexity index is 639. The Kier molecular flexibility index (Phi) is 2.37. The molecule has 0 atom stereocenters. The molecule has 0 spiro atoms. The van der Waals surface area contributed by atoms with Crippen molar-refractivity contribution in [1.29, 1.82) is 0 Å². The number of ether oxygens (including phenoxy) is 1. The summed E-state index contributed by atoms with van der Waals surface area (Å²) in [5, 5.41) is 1.22. The van der Waals surface area contributed by atoms with E-state index < -0.39 is 7.29 Å². The Labute approximate surface area is 106 Å². The van der Waals surface area contributed by atoms with Gasteiger partial charge in [0.15, 0.2) is 0 Å². The van der Waals surface area contributed by atoms with Gasteiger partial charge in [0.05, 0.1) is 10.6 Å². The molecule has 0 fully saturated rings. The Morgan fingerprint density at radius 2 is 1.39 bits per heavy atom. The molecule has 2 N–H and O–H groups in total. The van der Waals surface area contributed by atoms with Crippen molar-refractivity contribution in [3.63, 3.8) is 0 Å². The first-order valence-electron chi connectivity index (χ1n) is 5.77. The van der Waals surface area contributed by atoms with Crippen molar-refractivity contribution in [2.24, 2.45) is 5.50 Å². The zero-order chi connectivity index (χ0) is 12.9. The zero-order valence-electron chi connectivity index (χ0n) is 10.3. The fraction of sp³-hybridized carbons (Fsp3) is 0.143. The van der Waals surface area contributed by atoms with Gasteiger partial charge in [-0.1, -0.05) is 23.3 Å². The van der Waals surface area contributed by atoms with Gasteiger partial charge < -0.3 is 4.74 Å². The maximum absolute atomic E-state index is 12.9. The van der Waals surface area contributed by atoms with Crippen molar-refractivity contribution < 1.29 is 9.30 Å². The minimum Gasteiger partial charge on any atom is -0.456 e. The van der Waals surface area contributed by atoms with Gasteiger partial charge in [0.25, 0.3) is 0 Å². The molecule has 0 bridgehead atoms. The summed E-state index contributed by atoms with van der Waals surface area (Å²) in [7, 11) is -3.05. The lowest BCUT2D eigenvalue weighted by Gasteiger charge is -2.26. The van der Waals surface area contributed by atoms with Crippen LogP contribution in [-0.4, -0.2) is 0 Å². The van der Waals surface area contributed by atoms with Gasteiger partial charge in [0.1, 0.15) is 11.5 Å². The Hall–Kier alpha value is -1.57. The minimum absolute atomic E-state index is 0.600. The minimum atomic E-state index is -3.05. The zero-order valence-corrected chi connectivity index (χ0v) is 11.2. The lowest BCUT2D eigenvalue weighted by Crippen LogP contribution is -2.29. The van der Waals surface area contributed by atoms with Crippen LogP contribution in [0.1, 0.15) is 11.1 Å². The predicted octanol–water partition coefficient (Wildman–Crippen LogP) is 2.60. The van der Waals surface area contributed by atoms with Crippen molar-refractivity contribution in [3.8, 4) is 11.5 Å². The highest BCUT2D eigenvalue weighted by molar-refractivity contribution is 7.77. The highest BCUT2D eigenvalue weighted by Gasteiger charge is 2.34. The van der Waals surface area contributed by atoms with Crippen LogP contribution in [0, 0.1) is 13.8 Å². The monoisotopic (exact) mass is 259 g/mol. The van der Waals surface area contributed by atoms with Crippen molar-refractivity contribution in [2.45, 2.75) is 13.8 Å². The predicted molar refractivity (Wildman–Crippen MR) is 73.5 cm³/mol. The molecular formula is C14H14NO2P. The number of benzene rings is 2. The van der Waals surface area contributed by atoms with Crippen LogP contribution in [0.15, 0.2) is 36.4 Å². The Morgan fingerprint density at radius 3 is 1.83 bits per heavy atom. The molecule has 92 valence electrons. The number of fused-ring (bicyclic) bond motifs is 2. The fourth-order valence-electron chi connectivity index (χ4n) is 2.19. The molecule has 4 heteroatoms. The second-order valence-electron chi connectivity index (χ2n) is 4.70. The molecule has 0 radical (unpaired) electrons. The molecule has 0 amide bonds. The van der Waals surface area contributed by atoms with Crippen LogP contribution in [0.3, 0.4) is 0 Å². The molecule has 2 aromatic rings. The average molecular weight is 259 g/mol. The molecule has 1 heterocycles. The first-order valence-corrected chi connectivity index (χ1v) is 7.55. The Balaban J connectivity index is 2.30. The van der Waals surface area contributed by atoms with Crippen LogP contribution in [0.25, 0.3) is 0 Å². The van der Waals surface area contributed by atoms with Gasteiger partial charge in [-0.2, -0.15) is 0 Å². The van der Waals surface area contributed by atoms with Gasteiger partial charge in [-0.05, 0) is 38.1 Å². The summed E-state index contributed by atoms with van der Waals surface area (Å²) in [6.07, 6.45) is 0. The summed E-state index contributed by atoms with van der Waals surface area (Å²) < 4.78 is 18.7. The van der Waals surface area contributed by atoms with Crippen molar-refractivity contribution in [3.05, 3.63) is 47.5 Å². The molecule has 1 aliphatic heterocycles. The summed E-state index contributed by atoms with van der Waals surface area (Å²) in [5.74, 6) is 1.20. The quantitative estimate of drug-likeness (QED) is 0.740. The molecule has 1 aliphatic rings. The molecule has 0 aliphatic carbocycles. The molecule has 0 aromatic heterocycles. The topological polar surface area (TPSA) is 52.3 Å². The van der Waals surface area contributed by atoms with E-state index in [-0.39, 0.29) is 0 Å². The SMILES string of the molecule is Cc1ccc2c(c1)P(N)(=O)c1cc(C)ccc1O2. The maximum Gasteiger partial charge on any atom is 0.209 e. The van der Waals surface area contributed by atoms with Crippen LogP contribution < -0.4 is 20.9 Å². The smallest absolute Gasteiger partial charge is 0.209 e. The second-order valence-corrected chi connectivity index (χ2v) is 6.98. The molecule has 2 aromatic carbocycles. The summed E-state index contributed by atoms with van der Waals surface area (Å²) in [6.45, 7) is 3.90. The highest BCUT2D eigenvalue weighted by atomic mass is 31.2. The third-order valence-corrected chi connectivity index (χ3v) is 5.30. The van der Waals surface area contributed by atoms with Gasteiger partial charge in [-0.25, -0.2) is 0 Å². The fourth-order valence-corrected chi connectivity index (χ4v) is 4.14. The van der Waals surface area contributed by atoms with Gasteiger partial charge in [-0.3, -0.25) is 10.1 Å². The number of rotatable bonds is 0. The van der Waals surface area contributed by atoms with E-state index in [4.69, 9.17) is 10.2 Å². The first-order chi connectivity index (χ1) is 8.48. The first kappa shape index (κ1) is 11.5. The van der Waals surface area contributed by atoms with E-state index in [1.165, 1.54) is 0 Å². The van der Waals surface area contributed by atoms with Crippen LogP contribution in [0.4, 0.5) is 0 Å². The van der Waals surface area contributed by atoms with E-state index in [2.05, 4.69) is 0 Å². The molecule has 3 nitrogen and oxygen atoms in total. The third-order valence-electron chi connectivity index (χ3n) is 3.16. The number of hydrogen-bond donors (Lipinski definition) is 1. The number of nitrogens with two attached hydrogens (primary N) is 1. The highest BCUT2D eigenvalue weighted by Crippen LogP contribution is 2.46. The van der Waals surface area contributed by atoms with E-state index in [1.54, 1.807) is 0 Å². The van der Waals surface area contributed by atoms with Crippen molar-refractivity contribution in [2.75, 3.05) is 0 Å². The molecule has 0 saturated carbocycles.